The zero-order chi connectivity index (χ0) is 9.03. The highest BCUT2D eigenvalue weighted by Crippen LogP contribution is 2.46. The summed E-state index contributed by atoms with van der Waals surface area (Å²) in [4.78, 5) is 2.44. The molecule has 1 nitrogen and oxygen atoms in total. The molecule has 72 valence electrons. The minimum Gasteiger partial charge on any atom is -0.305 e. The zero-order valence-corrected chi connectivity index (χ0v) is 9.76. The van der Waals surface area contributed by atoms with Crippen molar-refractivity contribution in [2.24, 2.45) is 5.41 Å². The largest absolute Gasteiger partial charge is 0.305 e. The summed E-state index contributed by atoms with van der Waals surface area (Å²) in [5, 5.41) is 0. The van der Waals surface area contributed by atoms with Gasteiger partial charge in [0.25, 0.3) is 0 Å². The fourth-order valence-corrected chi connectivity index (χ4v) is 2.35. The molecule has 0 radical (unpaired) electrons. The van der Waals surface area contributed by atoms with Crippen LogP contribution in [0.4, 0.5) is 0 Å². The van der Waals surface area contributed by atoms with E-state index in [1.807, 2.05) is 11.8 Å². The van der Waals surface area contributed by atoms with Crippen LogP contribution in [-0.2, 0) is 0 Å². The fraction of sp³-hybridized carbons (Fsp3) is 1.00. The van der Waals surface area contributed by atoms with Crippen LogP contribution in [0.3, 0.4) is 0 Å². The van der Waals surface area contributed by atoms with Gasteiger partial charge in [-0.25, -0.2) is 0 Å². The van der Waals surface area contributed by atoms with Crippen molar-refractivity contribution in [1.29, 1.82) is 0 Å². The maximum absolute atomic E-state index is 4.40. The lowest BCUT2D eigenvalue weighted by Crippen LogP contribution is -2.29. The van der Waals surface area contributed by atoms with Crippen LogP contribution in [0.1, 0.15) is 12.8 Å². The Hall–Kier alpha value is 0.660. The zero-order valence-electron chi connectivity index (χ0n) is 8.05. The maximum Gasteiger partial charge on any atom is 0.00694 e. The molecule has 0 heterocycles. The van der Waals surface area contributed by atoms with Gasteiger partial charge >= 0.3 is 0 Å². The Bertz CT molecular complexity index is 134. The lowest BCUT2D eigenvalue weighted by Gasteiger charge is -2.21. The van der Waals surface area contributed by atoms with Gasteiger partial charge in [0, 0.05) is 18.8 Å². The normalized spacial score (nSPS) is 20.0. The smallest absolute Gasteiger partial charge is 0.00694 e. The van der Waals surface area contributed by atoms with Gasteiger partial charge in [-0.05, 0) is 37.3 Å². The highest BCUT2D eigenvalue weighted by molar-refractivity contribution is 7.98. The van der Waals surface area contributed by atoms with Crippen molar-refractivity contribution in [2.45, 2.75) is 12.8 Å². The van der Waals surface area contributed by atoms with E-state index in [9.17, 15) is 0 Å². The van der Waals surface area contributed by atoms with E-state index in [0.29, 0.717) is 5.41 Å². The van der Waals surface area contributed by atoms with Crippen LogP contribution in [0, 0.1) is 5.41 Å². The molecule has 0 amide bonds. The molecule has 1 aliphatic rings. The van der Waals surface area contributed by atoms with Crippen LogP contribution >= 0.6 is 24.4 Å². The monoisotopic (exact) mass is 205 g/mol. The van der Waals surface area contributed by atoms with E-state index in [0.717, 1.165) is 5.75 Å². The van der Waals surface area contributed by atoms with Gasteiger partial charge in [-0.3, -0.25) is 0 Å². The number of hydrogen-bond acceptors (Lipinski definition) is 3. The standard InChI is InChI=1S/C9H19NS2/c1-10(5-6-12-2)7-9(8-11)3-4-9/h11H,3-8H2,1-2H3. The molecule has 1 fully saturated rings. The SMILES string of the molecule is CSCCN(C)CC1(CS)CC1. The second-order valence-corrected chi connectivity index (χ2v) is 5.19. The fourth-order valence-electron chi connectivity index (χ4n) is 1.44. The molecular weight excluding hydrogens is 186 g/mol. The lowest BCUT2D eigenvalue weighted by molar-refractivity contribution is 0.293. The van der Waals surface area contributed by atoms with Crippen molar-refractivity contribution in [3.8, 4) is 0 Å². The first-order chi connectivity index (χ1) is 5.72. The van der Waals surface area contributed by atoms with Gasteiger partial charge in [0.15, 0.2) is 0 Å². The molecule has 0 spiro atoms. The second-order valence-electron chi connectivity index (χ2n) is 3.89. The summed E-state index contributed by atoms with van der Waals surface area (Å²) in [6.45, 7) is 2.47. The van der Waals surface area contributed by atoms with Crippen molar-refractivity contribution in [2.75, 3.05) is 37.9 Å². The van der Waals surface area contributed by atoms with Crippen molar-refractivity contribution in [3.05, 3.63) is 0 Å². The molecular formula is C9H19NS2. The molecule has 0 N–H and O–H groups in total. The minimum atomic E-state index is 0.594. The molecule has 1 rings (SSSR count). The van der Waals surface area contributed by atoms with Gasteiger partial charge in [-0.1, -0.05) is 0 Å². The first-order valence-electron chi connectivity index (χ1n) is 4.51. The minimum absolute atomic E-state index is 0.594. The number of rotatable bonds is 6. The van der Waals surface area contributed by atoms with E-state index in [2.05, 4.69) is 30.8 Å². The average molecular weight is 205 g/mol. The first kappa shape index (κ1) is 10.7. The lowest BCUT2D eigenvalue weighted by atomic mass is 10.1. The number of hydrogen-bond donors (Lipinski definition) is 1. The van der Waals surface area contributed by atoms with E-state index < -0.39 is 0 Å². The van der Waals surface area contributed by atoms with Gasteiger partial charge in [0.05, 0.1) is 0 Å². The summed E-state index contributed by atoms with van der Waals surface area (Å²) in [6.07, 6.45) is 4.94. The molecule has 3 heteroatoms. The van der Waals surface area contributed by atoms with Gasteiger partial charge in [-0.2, -0.15) is 24.4 Å². The molecule has 1 saturated carbocycles. The summed E-state index contributed by atoms with van der Waals surface area (Å²) >= 11 is 6.32. The molecule has 0 aromatic heterocycles. The predicted octanol–water partition coefficient (Wildman–Crippen LogP) is 1.99. The molecule has 0 saturated heterocycles. The Morgan fingerprint density at radius 1 is 1.50 bits per heavy atom. The summed E-state index contributed by atoms with van der Waals surface area (Å²) in [6, 6.07) is 0. The Kier molecular flexibility index (Phi) is 4.27. The highest BCUT2D eigenvalue weighted by atomic mass is 32.2. The van der Waals surface area contributed by atoms with E-state index in [1.165, 1.54) is 31.7 Å². The van der Waals surface area contributed by atoms with Crippen LogP contribution in [0.5, 0.6) is 0 Å². The van der Waals surface area contributed by atoms with Crippen LogP contribution in [0.15, 0.2) is 0 Å². The van der Waals surface area contributed by atoms with E-state index >= 15 is 0 Å². The van der Waals surface area contributed by atoms with Crippen LogP contribution in [0.2, 0.25) is 0 Å². The Morgan fingerprint density at radius 2 is 2.17 bits per heavy atom. The van der Waals surface area contributed by atoms with E-state index in [-0.39, 0.29) is 0 Å². The highest BCUT2D eigenvalue weighted by Gasteiger charge is 2.41. The average Bonchev–Trinajstić information content (AvgIpc) is 2.82. The van der Waals surface area contributed by atoms with Gasteiger partial charge in [0.2, 0.25) is 0 Å². The van der Waals surface area contributed by atoms with Crippen LogP contribution < -0.4 is 0 Å². The molecule has 0 aromatic carbocycles. The molecule has 12 heavy (non-hydrogen) atoms. The predicted molar refractivity (Wildman–Crippen MR) is 61.4 cm³/mol. The summed E-state index contributed by atoms with van der Waals surface area (Å²) in [7, 11) is 2.22. The first-order valence-corrected chi connectivity index (χ1v) is 6.53. The van der Waals surface area contributed by atoms with Crippen molar-refractivity contribution in [3.63, 3.8) is 0 Å². The number of thiol groups is 1. The quantitative estimate of drug-likeness (QED) is 0.661. The third-order valence-corrected chi connectivity index (χ3v) is 3.84. The van der Waals surface area contributed by atoms with E-state index in [4.69, 9.17) is 0 Å². The molecule has 1 aliphatic carbocycles. The van der Waals surface area contributed by atoms with Crippen LogP contribution in [-0.4, -0.2) is 42.8 Å². The summed E-state index contributed by atoms with van der Waals surface area (Å²) in [5.41, 5.74) is 0.594. The summed E-state index contributed by atoms with van der Waals surface area (Å²) < 4.78 is 0. The second kappa shape index (κ2) is 4.77. The Balaban J connectivity index is 2.13. The van der Waals surface area contributed by atoms with Crippen molar-refractivity contribution in [1.82, 2.24) is 4.90 Å². The van der Waals surface area contributed by atoms with Crippen molar-refractivity contribution >= 4 is 24.4 Å². The third-order valence-electron chi connectivity index (χ3n) is 2.57. The van der Waals surface area contributed by atoms with Gasteiger partial charge in [-0.15, -0.1) is 0 Å². The Morgan fingerprint density at radius 3 is 2.58 bits per heavy atom. The molecule has 0 bridgehead atoms. The molecule has 0 aromatic rings. The number of thioether (sulfide) groups is 1. The molecule has 0 atom stereocenters. The van der Waals surface area contributed by atoms with Gasteiger partial charge < -0.3 is 4.90 Å². The van der Waals surface area contributed by atoms with Gasteiger partial charge in [0.1, 0.15) is 0 Å². The maximum atomic E-state index is 4.40. The van der Waals surface area contributed by atoms with E-state index in [1.54, 1.807) is 0 Å². The summed E-state index contributed by atoms with van der Waals surface area (Å²) in [5.74, 6) is 2.32. The third kappa shape index (κ3) is 3.19. The number of nitrogens with zero attached hydrogens (tertiary/aromatic N) is 1. The Labute approximate surface area is 85.7 Å². The molecule has 0 unspecified atom stereocenters. The molecule has 0 aliphatic heterocycles. The van der Waals surface area contributed by atoms with Crippen LogP contribution in [0.25, 0.3) is 0 Å². The van der Waals surface area contributed by atoms with Crippen molar-refractivity contribution < 1.29 is 0 Å². The topological polar surface area (TPSA) is 3.24 Å².